The molecule has 26 heavy (non-hydrogen) atoms. The summed E-state index contributed by atoms with van der Waals surface area (Å²) < 4.78 is 2.07. The van der Waals surface area contributed by atoms with E-state index < -0.39 is 0 Å². The van der Waals surface area contributed by atoms with E-state index in [2.05, 4.69) is 56.3 Å². The molecule has 0 unspecified atom stereocenters. The van der Waals surface area contributed by atoms with E-state index in [9.17, 15) is 4.79 Å². The minimum absolute atomic E-state index is 0.132. The van der Waals surface area contributed by atoms with Gasteiger partial charge in [-0.3, -0.25) is 14.3 Å². The largest absolute Gasteiger partial charge is 0.353 e. The second kappa shape index (κ2) is 7.29. The van der Waals surface area contributed by atoms with Crippen molar-refractivity contribution in [1.29, 1.82) is 0 Å². The van der Waals surface area contributed by atoms with Gasteiger partial charge >= 0.3 is 0 Å². The van der Waals surface area contributed by atoms with Crippen LogP contribution in [0.1, 0.15) is 18.4 Å². The third kappa shape index (κ3) is 3.48. The van der Waals surface area contributed by atoms with Crippen LogP contribution in [0, 0.1) is 6.92 Å². The zero-order valence-corrected chi connectivity index (χ0v) is 15.2. The lowest BCUT2D eigenvalue weighted by Crippen LogP contribution is -2.27. The highest BCUT2D eigenvalue weighted by atomic mass is 32.2. The Hall–Kier alpha value is -2.67. The lowest BCUT2D eigenvalue weighted by molar-refractivity contribution is -0.119. The fraction of sp³-hybridized carbons (Fsp3) is 0.263. The number of aromatic nitrogens is 4. The second-order valence-electron chi connectivity index (χ2n) is 6.33. The number of pyridine rings is 1. The zero-order chi connectivity index (χ0) is 17.9. The lowest BCUT2D eigenvalue weighted by atomic mass is 10.2. The highest BCUT2D eigenvalue weighted by Crippen LogP contribution is 2.29. The summed E-state index contributed by atoms with van der Waals surface area (Å²) in [5.74, 6) is 1.70. The standard InChI is InChI=1S/C19H19N5OS/c1-13-2-5-16(6-3-13)24-18(14-8-10-20-11-9-14)22-23-19(24)26-12-15-4-7-17(25)21-15/h2-3,5-6,8-11,15H,4,7,12H2,1H3,(H,21,25)/t15-/m0/s1. The van der Waals surface area contributed by atoms with Gasteiger partial charge in [0.2, 0.25) is 5.91 Å². The van der Waals surface area contributed by atoms with Crippen LogP contribution in [-0.2, 0) is 4.79 Å². The molecule has 1 aliphatic rings. The average Bonchev–Trinajstić information content (AvgIpc) is 3.27. The van der Waals surface area contributed by atoms with Gasteiger partial charge in [0.1, 0.15) is 0 Å². The number of aryl methyl sites for hydroxylation is 1. The second-order valence-corrected chi connectivity index (χ2v) is 7.31. The number of rotatable bonds is 5. The quantitative estimate of drug-likeness (QED) is 0.704. The van der Waals surface area contributed by atoms with Gasteiger partial charge in [-0.25, -0.2) is 0 Å². The summed E-state index contributed by atoms with van der Waals surface area (Å²) >= 11 is 1.62. The first-order valence-electron chi connectivity index (χ1n) is 8.56. The summed E-state index contributed by atoms with van der Waals surface area (Å²) in [5.41, 5.74) is 3.19. The number of carbonyl (C=O) groups excluding carboxylic acids is 1. The summed E-state index contributed by atoms with van der Waals surface area (Å²) in [7, 11) is 0. The van der Waals surface area contributed by atoms with Gasteiger partial charge in [-0.05, 0) is 37.6 Å². The molecule has 0 aliphatic carbocycles. The molecule has 0 bridgehead atoms. The molecule has 1 fully saturated rings. The highest BCUT2D eigenvalue weighted by Gasteiger charge is 2.23. The van der Waals surface area contributed by atoms with E-state index >= 15 is 0 Å². The van der Waals surface area contributed by atoms with Crippen LogP contribution in [0.2, 0.25) is 0 Å². The number of nitrogens with zero attached hydrogens (tertiary/aromatic N) is 4. The molecule has 2 aromatic heterocycles. The van der Waals surface area contributed by atoms with Crippen molar-refractivity contribution in [2.24, 2.45) is 0 Å². The maximum absolute atomic E-state index is 11.4. The topological polar surface area (TPSA) is 72.7 Å². The molecular weight excluding hydrogens is 346 g/mol. The summed E-state index contributed by atoms with van der Waals surface area (Å²) in [4.78, 5) is 15.5. The average molecular weight is 365 g/mol. The van der Waals surface area contributed by atoms with Gasteiger partial charge in [0, 0.05) is 41.9 Å². The summed E-state index contributed by atoms with van der Waals surface area (Å²) in [6, 6.07) is 12.4. The van der Waals surface area contributed by atoms with Crippen LogP contribution in [0.3, 0.4) is 0 Å². The van der Waals surface area contributed by atoms with Gasteiger partial charge in [-0.2, -0.15) is 0 Å². The van der Waals surface area contributed by atoms with Gasteiger partial charge in [0.15, 0.2) is 11.0 Å². The smallest absolute Gasteiger partial charge is 0.220 e. The van der Waals surface area contributed by atoms with Crippen LogP contribution in [0.5, 0.6) is 0 Å². The first-order valence-corrected chi connectivity index (χ1v) is 9.54. The van der Waals surface area contributed by atoms with Crippen LogP contribution in [0.15, 0.2) is 53.9 Å². The third-order valence-electron chi connectivity index (χ3n) is 4.36. The number of nitrogens with one attached hydrogen (secondary N) is 1. The normalized spacial score (nSPS) is 16.7. The van der Waals surface area contributed by atoms with Crippen molar-refractivity contribution in [2.45, 2.75) is 31.0 Å². The van der Waals surface area contributed by atoms with Gasteiger partial charge in [-0.15, -0.1) is 10.2 Å². The Labute approximate surface area is 156 Å². The molecule has 1 aliphatic heterocycles. The van der Waals surface area contributed by atoms with E-state index in [0.29, 0.717) is 6.42 Å². The van der Waals surface area contributed by atoms with Gasteiger partial charge in [0.25, 0.3) is 0 Å². The molecule has 4 rings (SSSR count). The summed E-state index contributed by atoms with van der Waals surface area (Å²) in [6.07, 6.45) is 4.99. The molecule has 1 atom stereocenters. The maximum Gasteiger partial charge on any atom is 0.220 e. The lowest BCUT2D eigenvalue weighted by Gasteiger charge is -2.12. The van der Waals surface area contributed by atoms with Gasteiger partial charge in [0.05, 0.1) is 0 Å². The molecule has 0 spiro atoms. The Morgan fingerprint density at radius 1 is 1.15 bits per heavy atom. The molecule has 1 amide bonds. The van der Waals surface area contributed by atoms with Crippen molar-refractivity contribution in [2.75, 3.05) is 5.75 Å². The molecule has 7 heteroatoms. The maximum atomic E-state index is 11.4. The predicted molar refractivity (Wildman–Crippen MR) is 101 cm³/mol. The van der Waals surface area contributed by atoms with Gasteiger partial charge < -0.3 is 5.32 Å². The van der Waals surface area contributed by atoms with E-state index in [-0.39, 0.29) is 11.9 Å². The summed E-state index contributed by atoms with van der Waals surface area (Å²) in [6.45, 7) is 2.07. The molecular formula is C19H19N5OS. The van der Waals surface area contributed by atoms with Crippen molar-refractivity contribution in [1.82, 2.24) is 25.1 Å². The van der Waals surface area contributed by atoms with Crippen molar-refractivity contribution in [3.63, 3.8) is 0 Å². The molecule has 6 nitrogen and oxygen atoms in total. The van der Waals surface area contributed by atoms with Crippen molar-refractivity contribution >= 4 is 17.7 Å². The van der Waals surface area contributed by atoms with E-state index in [1.165, 1.54) is 5.56 Å². The van der Waals surface area contributed by atoms with E-state index in [0.717, 1.165) is 34.4 Å². The number of hydrogen-bond acceptors (Lipinski definition) is 5. The third-order valence-corrected chi connectivity index (χ3v) is 5.45. The monoisotopic (exact) mass is 365 g/mol. The number of thioether (sulfide) groups is 1. The van der Waals surface area contributed by atoms with E-state index in [4.69, 9.17) is 0 Å². The number of carbonyl (C=O) groups is 1. The van der Waals surface area contributed by atoms with Gasteiger partial charge in [-0.1, -0.05) is 29.5 Å². The van der Waals surface area contributed by atoms with Crippen LogP contribution in [0.25, 0.3) is 17.1 Å². The first kappa shape index (κ1) is 16.8. The number of benzene rings is 1. The zero-order valence-electron chi connectivity index (χ0n) is 14.4. The van der Waals surface area contributed by atoms with Crippen molar-refractivity contribution in [3.8, 4) is 17.1 Å². The molecule has 132 valence electrons. The molecule has 1 aromatic carbocycles. The van der Waals surface area contributed by atoms with Crippen molar-refractivity contribution < 1.29 is 4.79 Å². The first-order chi connectivity index (χ1) is 12.7. The predicted octanol–water partition coefficient (Wildman–Crippen LogP) is 3.01. The molecule has 0 radical (unpaired) electrons. The van der Waals surface area contributed by atoms with Crippen LogP contribution in [-0.4, -0.2) is 37.5 Å². The molecule has 3 heterocycles. The van der Waals surface area contributed by atoms with Crippen LogP contribution >= 0.6 is 11.8 Å². The fourth-order valence-electron chi connectivity index (χ4n) is 2.96. The minimum Gasteiger partial charge on any atom is -0.353 e. The number of amides is 1. The molecule has 3 aromatic rings. The SMILES string of the molecule is Cc1ccc(-n2c(SC[C@@H]3CCC(=O)N3)nnc2-c2ccncc2)cc1. The Kier molecular flexibility index (Phi) is 4.71. The van der Waals surface area contributed by atoms with Crippen LogP contribution in [0.4, 0.5) is 0 Å². The van der Waals surface area contributed by atoms with Crippen molar-refractivity contribution in [3.05, 3.63) is 54.4 Å². The Morgan fingerprint density at radius 3 is 2.62 bits per heavy atom. The van der Waals surface area contributed by atoms with E-state index in [1.54, 1.807) is 24.2 Å². The highest BCUT2D eigenvalue weighted by molar-refractivity contribution is 7.99. The Morgan fingerprint density at radius 2 is 1.92 bits per heavy atom. The molecule has 1 N–H and O–H groups in total. The Balaban J connectivity index is 1.68. The molecule has 1 saturated heterocycles. The summed E-state index contributed by atoms with van der Waals surface area (Å²) in [5, 5.41) is 12.7. The number of hydrogen-bond donors (Lipinski definition) is 1. The van der Waals surface area contributed by atoms with E-state index in [1.807, 2.05) is 12.1 Å². The van der Waals surface area contributed by atoms with Crippen LogP contribution < -0.4 is 5.32 Å². The minimum atomic E-state index is 0.132. The fourth-order valence-corrected chi connectivity index (χ4v) is 3.98. The Bertz CT molecular complexity index is 907. The molecule has 0 saturated carbocycles.